The average molecular weight is 459 g/mol. The lowest BCUT2D eigenvalue weighted by Gasteiger charge is -2.29. The minimum atomic E-state index is 0.00547. The maximum atomic E-state index is 12.1. The molecule has 2 aromatic carbocycles. The van der Waals surface area contributed by atoms with Gasteiger partial charge in [0.1, 0.15) is 6.33 Å². The molecule has 4 aromatic rings. The Morgan fingerprint density at radius 1 is 1.06 bits per heavy atom. The molecule has 2 aromatic heterocycles. The van der Waals surface area contributed by atoms with E-state index in [9.17, 15) is 4.79 Å². The molecule has 1 atom stereocenters. The molecule has 1 fully saturated rings. The number of nitrogens with zero attached hydrogens (tertiary/aromatic N) is 4. The topological polar surface area (TPSA) is 60.2 Å². The summed E-state index contributed by atoms with van der Waals surface area (Å²) in [5, 5.41) is 2.12. The molecule has 1 saturated heterocycles. The number of aryl methyl sites for hydroxylation is 1. The number of hydrogen-bond donors (Lipinski definition) is 0. The van der Waals surface area contributed by atoms with Crippen LogP contribution in [0.3, 0.4) is 0 Å². The average Bonchev–Trinajstić information content (AvgIpc) is 2.83. The van der Waals surface area contributed by atoms with Crippen molar-refractivity contribution in [1.29, 1.82) is 0 Å². The Bertz CT molecular complexity index is 1390. The standard InChI is InChI=1S/C26H27N4O2P/c1-17-12-24(33)22(14-18(17)13-19-4-3-5-25(31)29(19)2)26-21-7-6-20(15-23(21)27-16-28-26)30-8-10-32-11-9-30/h3-7,12,14-16H,8-11,13,33H2,1-2H3. The summed E-state index contributed by atoms with van der Waals surface area (Å²) in [6, 6.07) is 16.2. The molecule has 0 radical (unpaired) electrons. The number of aromatic nitrogens is 3. The normalized spacial score (nSPS) is 14.1. The lowest BCUT2D eigenvalue weighted by atomic mass is 9.97. The Morgan fingerprint density at radius 3 is 2.70 bits per heavy atom. The van der Waals surface area contributed by atoms with Crippen LogP contribution in [0.2, 0.25) is 0 Å². The van der Waals surface area contributed by atoms with Crippen LogP contribution in [0.5, 0.6) is 0 Å². The lowest BCUT2D eigenvalue weighted by Crippen LogP contribution is -2.36. The largest absolute Gasteiger partial charge is 0.378 e. The molecular weight excluding hydrogens is 431 g/mol. The molecule has 168 valence electrons. The Hall–Kier alpha value is -3.08. The van der Waals surface area contributed by atoms with E-state index in [2.05, 4.69) is 61.4 Å². The third-order valence-corrected chi connectivity index (χ3v) is 6.90. The van der Waals surface area contributed by atoms with Crippen molar-refractivity contribution in [3.8, 4) is 11.3 Å². The predicted octanol–water partition coefficient (Wildman–Crippen LogP) is 3.23. The quantitative estimate of drug-likeness (QED) is 0.440. The van der Waals surface area contributed by atoms with Crippen LogP contribution in [-0.4, -0.2) is 40.8 Å². The fraction of sp³-hybridized carbons (Fsp3) is 0.269. The Kier molecular flexibility index (Phi) is 5.96. The molecule has 7 heteroatoms. The number of fused-ring (bicyclic) bond motifs is 1. The molecule has 3 heterocycles. The van der Waals surface area contributed by atoms with Crippen molar-refractivity contribution in [2.75, 3.05) is 31.2 Å². The van der Waals surface area contributed by atoms with E-state index in [-0.39, 0.29) is 5.56 Å². The molecule has 0 saturated carbocycles. The fourth-order valence-corrected chi connectivity index (χ4v) is 4.90. The van der Waals surface area contributed by atoms with E-state index >= 15 is 0 Å². The summed E-state index contributed by atoms with van der Waals surface area (Å²) in [5.74, 6) is 0. The number of rotatable bonds is 4. The molecule has 0 aliphatic carbocycles. The number of pyridine rings is 1. The predicted molar refractivity (Wildman–Crippen MR) is 137 cm³/mol. The first-order valence-corrected chi connectivity index (χ1v) is 11.7. The van der Waals surface area contributed by atoms with E-state index in [0.717, 1.165) is 65.1 Å². The molecule has 5 rings (SSSR count). The zero-order chi connectivity index (χ0) is 22.9. The Labute approximate surface area is 195 Å². The fourth-order valence-electron chi connectivity index (χ4n) is 4.43. The molecule has 1 unspecified atom stereocenters. The summed E-state index contributed by atoms with van der Waals surface area (Å²) in [4.78, 5) is 23.7. The summed E-state index contributed by atoms with van der Waals surface area (Å²) >= 11 is 0. The second-order valence-corrected chi connectivity index (χ2v) is 9.10. The number of benzene rings is 2. The van der Waals surface area contributed by atoms with E-state index in [1.54, 1.807) is 17.0 Å². The SMILES string of the molecule is Cc1cc(P)c(-c2ncnc3cc(N4CCOCC4)ccc23)cc1Cc1cccc(=O)n1C. The van der Waals surface area contributed by atoms with Gasteiger partial charge >= 0.3 is 0 Å². The Balaban J connectivity index is 1.57. The minimum Gasteiger partial charge on any atom is -0.378 e. The highest BCUT2D eigenvalue weighted by Gasteiger charge is 2.16. The highest BCUT2D eigenvalue weighted by atomic mass is 31.0. The molecular formula is C26H27N4O2P. The molecule has 6 nitrogen and oxygen atoms in total. The number of anilines is 1. The van der Waals surface area contributed by atoms with Crippen molar-refractivity contribution in [3.63, 3.8) is 0 Å². The molecule has 0 bridgehead atoms. The number of ether oxygens (including phenoxy) is 1. The highest BCUT2D eigenvalue weighted by Crippen LogP contribution is 2.30. The monoisotopic (exact) mass is 458 g/mol. The summed E-state index contributed by atoms with van der Waals surface area (Å²) < 4.78 is 7.20. The van der Waals surface area contributed by atoms with Crippen LogP contribution in [0, 0.1) is 6.92 Å². The molecule has 33 heavy (non-hydrogen) atoms. The van der Waals surface area contributed by atoms with Gasteiger partial charge in [0.25, 0.3) is 0 Å². The van der Waals surface area contributed by atoms with Crippen LogP contribution in [0.15, 0.2) is 59.7 Å². The summed E-state index contributed by atoms with van der Waals surface area (Å²) in [7, 11) is 4.67. The second kappa shape index (κ2) is 9.05. The van der Waals surface area contributed by atoms with Gasteiger partial charge in [-0.2, -0.15) is 0 Å². The zero-order valence-corrected chi connectivity index (χ0v) is 20.1. The van der Waals surface area contributed by atoms with Crippen molar-refractivity contribution in [1.82, 2.24) is 14.5 Å². The summed E-state index contributed by atoms with van der Waals surface area (Å²) in [5.41, 5.74) is 7.43. The van der Waals surface area contributed by atoms with Gasteiger partial charge < -0.3 is 14.2 Å². The van der Waals surface area contributed by atoms with E-state index in [1.807, 2.05) is 19.2 Å². The van der Waals surface area contributed by atoms with Gasteiger partial charge in [-0.05, 0) is 53.7 Å². The maximum Gasteiger partial charge on any atom is 0.250 e. The van der Waals surface area contributed by atoms with Crippen LogP contribution in [-0.2, 0) is 18.2 Å². The van der Waals surface area contributed by atoms with E-state index in [4.69, 9.17) is 4.74 Å². The van der Waals surface area contributed by atoms with Gasteiger partial charge in [0, 0.05) is 55.0 Å². The van der Waals surface area contributed by atoms with Crippen LogP contribution in [0.25, 0.3) is 22.2 Å². The first-order chi connectivity index (χ1) is 16.0. The number of hydrogen-bond acceptors (Lipinski definition) is 5. The van der Waals surface area contributed by atoms with E-state index in [0.29, 0.717) is 6.42 Å². The summed E-state index contributed by atoms with van der Waals surface area (Å²) in [6.45, 7) is 5.40. The van der Waals surface area contributed by atoms with Crippen LogP contribution >= 0.6 is 9.24 Å². The third kappa shape index (κ3) is 4.29. The van der Waals surface area contributed by atoms with Gasteiger partial charge in [0.05, 0.1) is 24.4 Å². The first-order valence-electron chi connectivity index (χ1n) is 11.1. The van der Waals surface area contributed by atoms with Crippen molar-refractivity contribution in [3.05, 3.63) is 82.0 Å². The van der Waals surface area contributed by atoms with E-state index < -0.39 is 0 Å². The van der Waals surface area contributed by atoms with Crippen LogP contribution in [0.4, 0.5) is 5.69 Å². The maximum absolute atomic E-state index is 12.1. The van der Waals surface area contributed by atoms with E-state index in [1.165, 1.54) is 11.1 Å². The molecule has 1 aliphatic heterocycles. The molecule has 1 aliphatic rings. The first kappa shape index (κ1) is 21.7. The van der Waals surface area contributed by atoms with Gasteiger partial charge in [0.15, 0.2) is 0 Å². The highest BCUT2D eigenvalue weighted by molar-refractivity contribution is 7.28. The van der Waals surface area contributed by atoms with Crippen LogP contribution < -0.4 is 15.8 Å². The lowest BCUT2D eigenvalue weighted by molar-refractivity contribution is 0.122. The third-order valence-electron chi connectivity index (χ3n) is 6.42. The summed E-state index contributed by atoms with van der Waals surface area (Å²) in [6.07, 6.45) is 2.33. The van der Waals surface area contributed by atoms with Gasteiger partial charge in [-0.25, -0.2) is 9.97 Å². The van der Waals surface area contributed by atoms with Crippen LogP contribution in [0.1, 0.15) is 16.8 Å². The van der Waals surface area contributed by atoms with Gasteiger partial charge in [0.2, 0.25) is 5.56 Å². The van der Waals surface area contributed by atoms with Gasteiger partial charge in [-0.3, -0.25) is 4.79 Å². The van der Waals surface area contributed by atoms with Gasteiger partial charge in [-0.1, -0.05) is 12.1 Å². The second-order valence-electron chi connectivity index (χ2n) is 8.48. The van der Waals surface area contributed by atoms with Crippen molar-refractivity contribution in [2.24, 2.45) is 7.05 Å². The van der Waals surface area contributed by atoms with Crippen molar-refractivity contribution < 1.29 is 4.74 Å². The molecule has 0 N–H and O–H groups in total. The van der Waals surface area contributed by atoms with Gasteiger partial charge in [-0.15, -0.1) is 9.24 Å². The minimum absolute atomic E-state index is 0.00547. The number of morpholine rings is 1. The van der Waals surface area contributed by atoms with Crippen molar-refractivity contribution >= 4 is 31.1 Å². The molecule has 0 amide bonds. The zero-order valence-electron chi connectivity index (χ0n) is 18.9. The smallest absolute Gasteiger partial charge is 0.250 e. The molecule has 0 spiro atoms. The van der Waals surface area contributed by atoms with Crippen molar-refractivity contribution in [2.45, 2.75) is 13.3 Å². The Morgan fingerprint density at radius 2 is 1.88 bits per heavy atom.